The van der Waals surface area contributed by atoms with Crippen LogP contribution in [0.3, 0.4) is 0 Å². The molecule has 0 aliphatic carbocycles. The van der Waals surface area contributed by atoms with E-state index < -0.39 is 0 Å². The lowest BCUT2D eigenvalue weighted by molar-refractivity contribution is -0.111. The van der Waals surface area contributed by atoms with Crippen molar-refractivity contribution in [2.24, 2.45) is 0 Å². The number of anilines is 1. The van der Waals surface area contributed by atoms with Crippen molar-refractivity contribution in [1.29, 1.82) is 0 Å². The molecule has 1 aromatic carbocycles. The summed E-state index contributed by atoms with van der Waals surface area (Å²) in [5.74, 6) is -0.311. The minimum absolute atomic E-state index is 0.0238. The molecule has 0 atom stereocenters. The van der Waals surface area contributed by atoms with Gasteiger partial charge in [0, 0.05) is 25.4 Å². The standard InChI is InChI=1S/C20H21N3O2/c24-19(12-11-16-8-4-5-13-21-16)22-18-10-3-2-9-17(18)20(25)23-14-6-1-7-15-23/h2-5,8-13H,1,6-7,14-15H2,(H,22,24)/b12-11-. The number of hydrogen-bond donors (Lipinski definition) is 1. The summed E-state index contributed by atoms with van der Waals surface area (Å²) in [7, 11) is 0. The SMILES string of the molecule is O=C(/C=C\c1ccccn1)Nc1ccccc1C(=O)N1CCCCC1. The van der Waals surface area contributed by atoms with Gasteiger partial charge in [0.25, 0.3) is 5.91 Å². The molecular formula is C20H21N3O2. The van der Waals surface area contributed by atoms with E-state index in [1.54, 1.807) is 24.4 Å². The average Bonchev–Trinajstić information content (AvgIpc) is 2.68. The molecule has 1 aliphatic heterocycles. The van der Waals surface area contributed by atoms with Crippen LogP contribution in [0.1, 0.15) is 35.3 Å². The van der Waals surface area contributed by atoms with Crippen LogP contribution in [0, 0.1) is 0 Å². The van der Waals surface area contributed by atoms with Crippen molar-refractivity contribution in [3.63, 3.8) is 0 Å². The molecule has 5 heteroatoms. The maximum absolute atomic E-state index is 12.7. The van der Waals surface area contributed by atoms with Crippen LogP contribution in [0.2, 0.25) is 0 Å². The van der Waals surface area contributed by atoms with E-state index in [0.717, 1.165) is 25.9 Å². The first-order valence-electron chi connectivity index (χ1n) is 8.52. The topological polar surface area (TPSA) is 62.3 Å². The molecule has 2 aromatic rings. The molecule has 0 radical (unpaired) electrons. The number of piperidine rings is 1. The van der Waals surface area contributed by atoms with Gasteiger partial charge in [-0.2, -0.15) is 0 Å². The monoisotopic (exact) mass is 335 g/mol. The molecule has 0 spiro atoms. The lowest BCUT2D eigenvalue weighted by atomic mass is 10.1. The van der Waals surface area contributed by atoms with Crippen LogP contribution < -0.4 is 5.32 Å². The third-order valence-electron chi connectivity index (χ3n) is 4.15. The Labute approximate surface area is 147 Å². The van der Waals surface area contributed by atoms with Crippen molar-refractivity contribution >= 4 is 23.6 Å². The molecule has 1 N–H and O–H groups in total. The van der Waals surface area contributed by atoms with E-state index in [2.05, 4.69) is 10.3 Å². The first-order chi connectivity index (χ1) is 12.2. The van der Waals surface area contributed by atoms with E-state index in [0.29, 0.717) is 16.9 Å². The number of likely N-dealkylation sites (tertiary alicyclic amines) is 1. The van der Waals surface area contributed by atoms with Gasteiger partial charge in [-0.1, -0.05) is 18.2 Å². The molecule has 2 amide bonds. The van der Waals surface area contributed by atoms with Gasteiger partial charge in [0.05, 0.1) is 16.9 Å². The Kier molecular flexibility index (Phi) is 5.57. The predicted molar refractivity (Wildman–Crippen MR) is 98.1 cm³/mol. The maximum atomic E-state index is 12.7. The van der Waals surface area contributed by atoms with Gasteiger partial charge in [-0.05, 0) is 49.6 Å². The van der Waals surface area contributed by atoms with E-state index in [1.165, 1.54) is 12.5 Å². The molecule has 5 nitrogen and oxygen atoms in total. The number of aromatic nitrogens is 1. The number of amides is 2. The van der Waals surface area contributed by atoms with Crippen LogP contribution in [0.25, 0.3) is 6.08 Å². The molecule has 0 unspecified atom stereocenters. The number of hydrogen-bond acceptors (Lipinski definition) is 3. The summed E-state index contributed by atoms with van der Waals surface area (Å²) >= 11 is 0. The summed E-state index contributed by atoms with van der Waals surface area (Å²) in [6.45, 7) is 1.56. The number of rotatable bonds is 4. The Morgan fingerprint density at radius 1 is 1.00 bits per heavy atom. The Bertz CT molecular complexity index is 766. The van der Waals surface area contributed by atoms with Gasteiger partial charge < -0.3 is 10.2 Å². The van der Waals surface area contributed by atoms with Crippen molar-refractivity contribution in [2.75, 3.05) is 18.4 Å². The normalized spacial score (nSPS) is 14.5. The van der Waals surface area contributed by atoms with Crippen LogP contribution in [0.5, 0.6) is 0 Å². The number of nitrogens with zero attached hydrogens (tertiary/aromatic N) is 2. The Hall–Kier alpha value is -2.95. The van der Waals surface area contributed by atoms with Gasteiger partial charge >= 0.3 is 0 Å². The summed E-state index contributed by atoms with van der Waals surface area (Å²) < 4.78 is 0. The first-order valence-corrected chi connectivity index (χ1v) is 8.52. The Morgan fingerprint density at radius 3 is 2.52 bits per heavy atom. The largest absolute Gasteiger partial charge is 0.339 e. The van der Waals surface area contributed by atoms with E-state index in [1.807, 2.05) is 35.2 Å². The van der Waals surface area contributed by atoms with Crippen LogP contribution in [0.4, 0.5) is 5.69 Å². The second kappa shape index (κ2) is 8.24. The number of nitrogens with one attached hydrogen (secondary N) is 1. The number of carbonyl (C=O) groups excluding carboxylic acids is 2. The van der Waals surface area contributed by atoms with Crippen molar-refractivity contribution < 1.29 is 9.59 Å². The molecule has 2 heterocycles. The quantitative estimate of drug-likeness (QED) is 0.872. The highest BCUT2D eigenvalue weighted by atomic mass is 16.2. The van der Waals surface area contributed by atoms with Crippen LogP contribution in [-0.4, -0.2) is 34.8 Å². The molecule has 1 saturated heterocycles. The Balaban J connectivity index is 1.71. The molecule has 1 aliphatic rings. The molecule has 0 bridgehead atoms. The summed E-state index contributed by atoms with van der Waals surface area (Å²) in [4.78, 5) is 30.9. The van der Waals surface area contributed by atoms with Crippen LogP contribution in [-0.2, 0) is 4.79 Å². The average molecular weight is 335 g/mol. The Morgan fingerprint density at radius 2 is 1.76 bits per heavy atom. The fourth-order valence-corrected chi connectivity index (χ4v) is 2.86. The highest BCUT2D eigenvalue weighted by Gasteiger charge is 2.20. The first kappa shape index (κ1) is 16.9. The van der Waals surface area contributed by atoms with Gasteiger partial charge in [0.15, 0.2) is 0 Å². The van der Waals surface area contributed by atoms with E-state index in [-0.39, 0.29) is 11.8 Å². The van der Waals surface area contributed by atoms with E-state index >= 15 is 0 Å². The van der Waals surface area contributed by atoms with Crippen molar-refractivity contribution in [3.05, 3.63) is 66.0 Å². The molecule has 25 heavy (non-hydrogen) atoms. The fourth-order valence-electron chi connectivity index (χ4n) is 2.86. The molecule has 3 rings (SSSR count). The van der Waals surface area contributed by atoms with Crippen molar-refractivity contribution in [2.45, 2.75) is 19.3 Å². The fraction of sp³-hybridized carbons (Fsp3) is 0.250. The van der Waals surface area contributed by atoms with Gasteiger partial charge in [-0.3, -0.25) is 14.6 Å². The third kappa shape index (κ3) is 4.53. The van der Waals surface area contributed by atoms with Crippen molar-refractivity contribution in [3.8, 4) is 0 Å². The molecule has 1 aromatic heterocycles. The van der Waals surface area contributed by atoms with Gasteiger partial charge in [0.2, 0.25) is 5.91 Å². The maximum Gasteiger partial charge on any atom is 0.255 e. The van der Waals surface area contributed by atoms with E-state index in [9.17, 15) is 9.59 Å². The highest BCUT2D eigenvalue weighted by Crippen LogP contribution is 2.20. The van der Waals surface area contributed by atoms with Crippen LogP contribution in [0.15, 0.2) is 54.7 Å². The van der Waals surface area contributed by atoms with Crippen molar-refractivity contribution in [1.82, 2.24) is 9.88 Å². The number of pyridine rings is 1. The summed E-state index contributed by atoms with van der Waals surface area (Å²) in [6.07, 6.45) is 7.97. The predicted octanol–water partition coefficient (Wildman–Crippen LogP) is 3.36. The zero-order valence-electron chi connectivity index (χ0n) is 14.0. The second-order valence-corrected chi connectivity index (χ2v) is 5.98. The molecule has 128 valence electrons. The minimum atomic E-state index is -0.287. The highest BCUT2D eigenvalue weighted by molar-refractivity contribution is 6.07. The number of para-hydroxylation sites is 1. The summed E-state index contributed by atoms with van der Waals surface area (Å²) in [5, 5.41) is 2.80. The molecular weight excluding hydrogens is 314 g/mol. The lowest BCUT2D eigenvalue weighted by Crippen LogP contribution is -2.36. The lowest BCUT2D eigenvalue weighted by Gasteiger charge is -2.27. The third-order valence-corrected chi connectivity index (χ3v) is 4.15. The smallest absolute Gasteiger partial charge is 0.255 e. The molecule has 0 saturated carbocycles. The second-order valence-electron chi connectivity index (χ2n) is 5.98. The van der Waals surface area contributed by atoms with Gasteiger partial charge in [-0.15, -0.1) is 0 Å². The van der Waals surface area contributed by atoms with E-state index in [4.69, 9.17) is 0 Å². The minimum Gasteiger partial charge on any atom is -0.339 e. The summed E-state index contributed by atoms with van der Waals surface area (Å²) in [5.41, 5.74) is 1.77. The zero-order valence-corrected chi connectivity index (χ0v) is 14.0. The zero-order chi connectivity index (χ0) is 17.5. The van der Waals surface area contributed by atoms with Gasteiger partial charge in [0.1, 0.15) is 0 Å². The molecule has 1 fully saturated rings. The number of benzene rings is 1. The summed E-state index contributed by atoms with van der Waals surface area (Å²) in [6, 6.07) is 12.6. The number of carbonyl (C=O) groups is 2. The van der Waals surface area contributed by atoms with Gasteiger partial charge in [-0.25, -0.2) is 0 Å². The van der Waals surface area contributed by atoms with Crippen LogP contribution >= 0.6 is 0 Å².